The third kappa shape index (κ3) is 3.00. The molecule has 4 atom stereocenters. The van der Waals surface area contributed by atoms with Gasteiger partial charge in [-0.1, -0.05) is 13.8 Å². The fourth-order valence-corrected chi connectivity index (χ4v) is 2.75. The lowest BCUT2D eigenvalue weighted by Crippen LogP contribution is -2.46. The van der Waals surface area contributed by atoms with Crippen LogP contribution in [-0.2, 0) is 4.74 Å². The quantitative estimate of drug-likeness (QED) is 0.815. The fourth-order valence-electron chi connectivity index (χ4n) is 2.75. The topological polar surface area (TPSA) is 59.0 Å². The monoisotopic (exact) mass is 236 g/mol. The summed E-state index contributed by atoms with van der Waals surface area (Å²) in [5.41, 5.74) is 5.37. The first-order valence-electron chi connectivity index (χ1n) is 6.87. The molecule has 2 rings (SSSR count). The Kier molecular flexibility index (Phi) is 3.75. The molecule has 17 heavy (non-hydrogen) atoms. The van der Waals surface area contributed by atoms with Crippen molar-refractivity contribution in [3.8, 4) is 6.07 Å². The molecule has 0 amide bonds. The summed E-state index contributed by atoms with van der Waals surface area (Å²) >= 11 is 0. The Balaban J connectivity index is 1.80. The van der Waals surface area contributed by atoms with Gasteiger partial charge in [0.05, 0.1) is 18.8 Å². The molecular weight excluding hydrogens is 212 g/mol. The van der Waals surface area contributed by atoms with Crippen molar-refractivity contribution in [2.75, 3.05) is 6.61 Å². The van der Waals surface area contributed by atoms with Crippen molar-refractivity contribution in [1.82, 2.24) is 0 Å². The molecular formula is C14H24N2O. The van der Waals surface area contributed by atoms with Crippen LogP contribution in [0.3, 0.4) is 0 Å². The standard InChI is InChI=1S/C14H24N2O/c1-10-3-6-13(7-11(10)2)17-9-14(16,8-15)12-4-5-12/h10-13H,3-7,9,16H2,1-2H3. The molecule has 0 aromatic rings. The van der Waals surface area contributed by atoms with E-state index in [0.717, 1.165) is 37.5 Å². The first-order chi connectivity index (χ1) is 8.05. The van der Waals surface area contributed by atoms with Crippen LogP contribution in [0.2, 0.25) is 0 Å². The predicted molar refractivity (Wildman–Crippen MR) is 67.2 cm³/mol. The maximum atomic E-state index is 9.16. The number of nitrogens with two attached hydrogens (primary N) is 1. The van der Waals surface area contributed by atoms with E-state index < -0.39 is 5.54 Å². The second-order valence-electron chi connectivity index (χ2n) is 6.13. The van der Waals surface area contributed by atoms with Crippen LogP contribution in [0.4, 0.5) is 0 Å². The van der Waals surface area contributed by atoms with Crippen molar-refractivity contribution >= 4 is 0 Å². The highest BCUT2D eigenvalue weighted by Gasteiger charge is 2.43. The molecule has 0 aromatic heterocycles. The third-order valence-corrected chi connectivity index (χ3v) is 4.62. The SMILES string of the molecule is CC1CCC(OCC(N)(C#N)C2CC2)CC1C. The maximum absolute atomic E-state index is 9.16. The Hall–Kier alpha value is -0.590. The first kappa shape index (κ1) is 12.9. The highest BCUT2D eigenvalue weighted by atomic mass is 16.5. The Morgan fingerprint density at radius 1 is 1.24 bits per heavy atom. The molecule has 0 spiro atoms. The molecule has 2 saturated carbocycles. The van der Waals surface area contributed by atoms with Crippen molar-refractivity contribution in [2.45, 2.75) is 57.6 Å². The number of ether oxygens (including phenoxy) is 1. The highest BCUT2D eigenvalue weighted by molar-refractivity contribution is 5.13. The van der Waals surface area contributed by atoms with Crippen molar-refractivity contribution in [1.29, 1.82) is 5.26 Å². The summed E-state index contributed by atoms with van der Waals surface area (Å²) in [7, 11) is 0. The number of nitriles is 1. The van der Waals surface area contributed by atoms with Gasteiger partial charge in [-0.15, -0.1) is 0 Å². The zero-order valence-corrected chi connectivity index (χ0v) is 11.0. The molecule has 2 aliphatic rings. The van der Waals surface area contributed by atoms with E-state index >= 15 is 0 Å². The zero-order chi connectivity index (χ0) is 12.5. The van der Waals surface area contributed by atoms with Crippen molar-refractivity contribution in [2.24, 2.45) is 23.5 Å². The van der Waals surface area contributed by atoms with Gasteiger partial charge in [-0.05, 0) is 49.9 Å². The van der Waals surface area contributed by atoms with Crippen LogP contribution < -0.4 is 5.73 Å². The molecule has 3 nitrogen and oxygen atoms in total. The summed E-state index contributed by atoms with van der Waals surface area (Å²) in [6, 6.07) is 2.25. The number of hydrogen-bond acceptors (Lipinski definition) is 3. The molecule has 2 aliphatic carbocycles. The van der Waals surface area contributed by atoms with Crippen LogP contribution in [0.1, 0.15) is 46.0 Å². The van der Waals surface area contributed by atoms with Crippen molar-refractivity contribution in [3.05, 3.63) is 0 Å². The first-order valence-corrected chi connectivity index (χ1v) is 6.87. The summed E-state index contributed by atoms with van der Waals surface area (Å²) in [5, 5.41) is 9.16. The smallest absolute Gasteiger partial charge is 0.130 e. The Labute approximate surface area is 104 Å². The molecule has 2 fully saturated rings. The van der Waals surface area contributed by atoms with Gasteiger partial charge in [-0.2, -0.15) is 5.26 Å². The minimum Gasteiger partial charge on any atom is -0.375 e. The normalized spacial score (nSPS) is 37.2. The van der Waals surface area contributed by atoms with Crippen molar-refractivity contribution < 1.29 is 4.74 Å². The van der Waals surface area contributed by atoms with Crippen LogP contribution in [0.15, 0.2) is 0 Å². The van der Waals surface area contributed by atoms with Gasteiger partial charge >= 0.3 is 0 Å². The largest absolute Gasteiger partial charge is 0.375 e. The number of nitrogens with zero attached hydrogens (tertiary/aromatic N) is 1. The van der Waals surface area contributed by atoms with Gasteiger partial charge in [0.25, 0.3) is 0 Å². The van der Waals surface area contributed by atoms with Gasteiger partial charge in [0.2, 0.25) is 0 Å². The summed E-state index contributed by atoms with van der Waals surface area (Å²) in [6.45, 7) is 5.02. The van der Waals surface area contributed by atoms with Gasteiger partial charge in [0, 0.05) is 0 Å². The van der Waals surface area contributed by atoms with E-state index in [-0.39, 0.29) is 0 Å². The molecule has 4 unspecified atom stereocenters. The van der Waals surface area contributed by atoms with E-state index in [1.165, 1.54) is 6.42 Å². The molecule has 0 heterocycles. The molecule has 0 aromatic carbocycles. The Morgan fingerprint density at radius 2 is 1.94 bits per heavy atom. The van der Waals surface area contributed by atoms with E-state index in [9.17, 15) is 0 Å². The lowest BCUT2D eigenvalue weighted by molar-refractivity contribution is -0.0150. The average Bonchev–Trinajstić information content (AvgIpc) is 3.14. The molecule has 2 N–H and O–H groups in total. The van der Waals surface area contributed by atoms with Gasteiger partial charge in [0.15, 0.2) is 0 Å². The summed E-state index contributed by atoms with van der Waals surface area (Å²) < 4.78 is 5.91. The number of hydrogen-bond donors (Lipinski definition) is 1. The molecule has 0 saturated heterocycles. The predicted octanol–water partition coefficient (Wildman–Crippen LogP) is 2.46. The Morgan fingerprint density at radius 3 is 2.47 bits per heavy atom. The molecule has 0 aliphatic heterocycles. The Bertz CT molecular complexity index is 308. The van der Waals surface area contributed by atoms with Crippen LogP contribution >= 0.6 is 0 Å². The highest BCUT2D eigenvalue weighted by Crippen LogP contribution is 2.39. The van der Waals surface area contributed by atoms with E-state index in [4.69, 9.17) is 15.7 Å². The lowest BCUT2D eigenvalue weighted by atomic mass is 9.80. The van der Waals surface area contributed by atoms with E-state index in [1.54, 1.807) is 0 Å². The minimum absolute atomic E-state index is 0.316. The molecule has 0 radical (unpaired) electrons. The van der Waals surface area contributed by atoms with Gasteiger partial charge < -0.3 is 10.5 Å². The van der Waals surface area contributed by atoms with Gasteiger partial charge in [0.1, 0.15) is 5.54 Å². The van der Waals surface area contributed by atoms with Gasteiger partial charge in [-0.3, -0.25) is 0 Å². The van der Waals surface area contributed by atoms with Crippen LogP contribution in [-0.4, -0.2) is 18.2 Å². The molecule has 0 bridgehead atoms. The van der Waals surface area contributed by atoms with Gasteiger partial charge in [-0.25, -0.2) is 0 Å². The van der Waals surface area contributed by atoms with Crippen LogP contribution in [0.25, 0.3) is 0 Å². The maximum Gasteiger partial charge on any atom is 0.130 e. The van der Waals surface area contributed by atoms with Crippen LogP contribution in [0.5, 0.6) is 0 Å². The fraction of sp³-hybridized carbons (Fsp3) is 0.929. The molecule has 3 heteroatoms. The summed E-state index contributed by atoms with van der Waals surface area (Å²) in [6.07, 6.45) is 5.97. The average molecular weight is 236 g/mol. The zero-order valence-electron chi connectivity index (χ0n) is 11.0. The van der Waals surface area contributed by atoms with E-state index in [1.807, 2.05) is 0 Å². The van der Waals surface area contributed by atoms with E-state index in [2.05, 4.69) is 19.9 Å². The lowest BCUT2D eigenvalue weighted by Gasteiger charge is -2.33. The second kappa shape index (κ2) is 4.96. The summed E-state index contributed by atoms with van der Waals surface area (Å²) in [4.78, 5) is 0. The molecule has 96 valence electrons. The minimum atomic E-state index is -0.730. The van der Waals surface area contributed by atoms with Crippen molar-refractivity contribution in [3.63, 3.8) is 0 Å². The second-order valence-corrected chi connectivity index (χ2v) is 6.13. The van der Waals surface area contributed by atoms with E-state index in [0.29, 0.717) is 18.6 Å². The third-order valence-electron chi connectivity index (χ3n) is 4.62. The van der Waals surface area contributed by atoms with Crippen LogP contribution in [0, 0.1) is 29.1 Å². The summed E-state index contributed by atoms with van der Waals surface area (Å²) in [5.74, 6) is 1.90. The number of rotatable bonds is 4.